The lowest BCUT2D eigenvalue weighted by molar-refractivity contribution is -0.140. The first-order valence-corrected chi connectivity index (χ1v) is 15.5. The summed E-state index contributed by atoms with van der Waals surface area (Å²) in [6, 6.07) is 22.7. The van der Waals surface area contributed by atoms with E-state index in [1.807, 2.05) is 76.2 Å². The van der Waals surface area contributed by atoms with Gasteiger partial charge in [-0.3, -0.25) is 13.9 Å². The lowest BCUT2D eigenvalue weighted by Gasteiger charge is -2.35. The quantitative estimate of drug-likeness (QED) is 0.335. The first-order valence-electron chi connectivity index (χ1n) is 13.2. The zero-order valence-corrected chi connectivity index (χ0v) is 25.3. The molecular weight excluding hydrogens is 546 g/mol. The topological polar surface area (TPSA) is 86.8 Å². The third-order valence-electron chi connectivity index (χ3n) is 6.33. The summed E-state index contributed by atoms with van der Waals surface area (Å²) in [6.45, 7) is 7.17. The van der Waals surface area contributed by atoms with E-state index in [9.17, 15) is 18.0 Å². The van der Waals surface area contributed by atoms with Crippen LogP contribution in [0.4, 0.5) is 5.69 Å². The second kappa shape index (κ2) is 13.3. The predicted octanol–water partition coefficient (Wildman–Crippen LogP) is 5.22. The number of amides is 2. The highest BCUT2D eigenvalue weighted by Gasteiger charge is 2.34. The fraction of sp³-hybridized carbons (Fsp3) is 0.355. The molecule has 2 amide bonds. The van der Waals surface area contributed by atoms with Crippen LogP contribution in [-0.2, 0) is 39.0 Å². The molecular formula is C31H38ClN3O4S. The molecule has 1 atom stereocenters. The Labute approximate surface area is 243 Å². The molecule has 0 saturated carbocycles. The molecule has 3 aromatic rings. The zero-order chi connectivity index (χ0) is 29.5. The maximum absolute atomic E-state index is 14.2. The molecule has 3 rings (SSSR count). The summed E-state index contributed by atoms with van der Waals surface area (Å²) in [7, 11) is -3.83. The van der Waals surface area contributed by atoms with Gasteiger partial charge in [-0.1, -0.05) is 79.2 Å². The first-order chi connectivity index (χ1) is 18.8. The van der Waals surface area contributed by atoms with Crippen molar-refractivity contribution >= 4 is 39.1 Å². The van der Waals surface area contributed by atoms with Crippen molar-refractivity contribution in [2.45, 2.75) is 58.7 Å². The second-order valence-corrected chi connectivity index (χ2v) is 13.2. The SMILES string of the molecule is CCc1ccccc1N(CC(=O)N(Cc1cccc(Cl)c1)[C@@H](Cc1ccccc1)C(=O)NC(C)(C)C)S(C)(=O)=O. The summed E-state index contributed by atoms with van der Waals surface area (Å²) < 4.78 is 27.1. The van der Waals surface area contributed by atoms with Gasteiger partial charge in [0.1, 0.15) is 12.6 Å². The maximum Gasteiger partial charge on any atom is 0.244 e. The number of aryl methyl sites for hydroxylation is 1. The van der Waals surface area contributed by atoms with Crippen LogP contribution in [0.15, 0.2) is 78.9 Å². The fourth-order valence-electron chi connectivity index (χ4n) is 4.49. The minimum Gasteiger partial charge on any atom is -0.350 e. The number of para-hydroxylation sites is 1. The number of rotatable bonds is 11. The van der Waals surface area contributed by atoms with Gasteiger partial charge in [-0.05, 0) is 62.1 Å². The van der Waals surface area contributed by atoms with Crippen molar-refractivity contribution in [3.63, 3.8) is 0 Å². The Morgan fingerprint density at radius 2 is 1.55 bits per heavy atom. The monoisotopic (exact) mass is 583 g/mol. The molecule has 1 N–H and O–H groups in total. The van der Waals surface area contributed by atoms with E-state index in [-0.39, 0.29) is 18.9 Å². The molecule has 40 heavy (non-hydrogen) atoms. The molecule has 0 bridgehead atoms. The summed E-state index contributed by atoms with van der Waals surface area (Å²) in [4.78, 5) is 29.4. The van der Waals surface area contributed by atoms with Crippen LogP contribution in [0.3, 0.4) is 0 Å². The Hall–Kier alpha value is -3.36. The lowest BCUT2D eigenvalue weighted by atomic mass is 10.0. The number of anilines is 1. The van der Waals surface area contributed by atoms with Crippen molar-refractivity contribution in [2.75, 3.05) is 17.1 Å². The van der Waals surface area contributed by atoms with Crippen LogP contribution in [0, 0.1) is 0 Å². The van der Waals surface area contributed by atoms with Gasteiger partial charge in [-0.25, -0.2) is 8.42 Å². The van der Waals surface area contributed by atoms with Gasteiger partial charge in [0.25, 0.3) is 0 Å². The molecule has 9 heteroatoms. The summed E-state index contributed by atoms with van der Waals surface area (Å²) in [5.41, 5.74) is 2.30. The Morgan fingerprint density at radius 1 is 0.925 bits per heavy atom. The highest BCUT2D eigenvalue weighted by molar-refractivity contribution is 7.92. The minimum atomic E-state index is -3.83. The number of nitrogens with one attached hydrogen (secondary N) is 1. The number of benzene rings is 3. The summed E-state index contributed by atoms with van der Waals surface area (Å²) in [5.74, 6) is -0.826. The summed E-state index contributed by atoms with van der Waals surface area (Å²) in [6.07, 6.45) is 1.93. The van der Waals surface area contributed by atoms with E-state index in [1.54, 1.807) is 30.3 Å². The third-order valence-corrected chi connectivity index (χ3v) is 7.69. The van der Waals surface area contributed by atoms with E-state index in [2.05, 4.69) is 5.32 Å². The number of halogens is 1. The first kappa shape index (κ1) is 31.2. The number of hydrogen-bond donors (Lipinski definition) is 1. The molecule has 0 fully saturated rings. The Morgan fingerprint density at radius 3 is 2.15 bits per heavy atom. The van der Waals surface area contributed by atoms with E-state index < -0.39 is 34.1 Å². The number of nitrogens with zero attached hydrogens (tertiary/aromatic N) is 2. The smallest absolute Gasteiger partial charge is 0.244 e. The van der Waals surface area contributed by atoms with Gasteiger partial charge < -0.3 is 10.2 Å². The molecule has 7 nitrogen and oxygen atoms in total. The molecule has 214 valence electrons. The average molecular weight is 584 g/mol. The largest absolute Gasteiger partial charge is 0.350 e. The van der Waals surface area contributed by atoms with E-state index in [1.165, 1.54) is 4.90 Å². The predicted molar refractivity (Wildman–Crippen MR) is 162 cm³/mol. The highest BCUT2D eigenvalue weighted by atomic mass is 35.5. The number of hydrogen-bond acceptors (Lipinski definition) is 4. The van der Waals surface area contributed by atoms with Crippen molar-refractivity contribution < 1.29 is 18.0 Å². The van der Waals surface area contributed by atoms with Crippen molar-refractivity contribution in [1.82, 2.24) is 10.2 Å². The Kier molecular flexibility index (Phi) is 10.4. The summed E-state index contributed by atoms with van der Waals surface area (Å²) in [5, 5.41) is 3.51. The molecule has 0 aliphatic rings. The number of carbonyl (C=O) groups is 2. The van der Waals surface area contributed by atoms with Crippen molar-refractivity contribution in [3.05, 3.63) is 101 Å². The lowest BCUT2D eigenvalue weighted by Crippen LogP contribution is -2.56. The standard InChI is InChI=1S/C31H38ClN3O4S/c1-6-25-16-10-11-18-27(25)35(40(5,38)39)22-29(36)34(21-24-15-12-17-26(32)19-24)28(30(37)33-31(2,3)4)20-23-13-8-7-9-14-23/h7-19,28H,6,20-22H2,1-5H3,(H,33,37)/t28-/m0/s1. The molecule has 0 heterocycles. The van der Waals surface area contributed by atoms with Gasteiger partial charge in [0.2, 0.25) is 21.8 Å². The van der Waals surface area contributed by atoms with E-state index in [4.69, 9.17) is 11.6 Å². The van der Waals surface area contributed by atoms with Crippen LogP contribution in [0.2, 0.25) is 5.02 Å². The normalized spacial score (nSPS) is 12.4. The van der Waals surface area contributed by atoms with Crippen molar-refractivity contribution in [3.8, 4) is 0 Å². The molecule has 0 aliphatic carbocycles. The Balaban J connectivity index is 2.10. The van der Waals surface area contributed by atoms with Gasteiger partial charge in [0, 0.05) is 23.5 Å². The summed E-state index contributed by atoms with van der Waals surface area (Å²) >= 11 is 6.25. The molecule has 0 spiro atoms. The molecule has 0 aromatic heterocycles. The minimum absolute atomic E-state index is 0.0709. The zero-order valence-electron chi connectivity index (χ0n) is 23.7. The van der Waals surface area contributed by atoms with Crippen LogP contribution < -0.4 is 9.62 Å². The van der Waals surface area contributed by atoms with Gasteiger partial charge in [-0.15, -0.1) is 0 Å². The third kappa shape index (κ3) is 8.83. The average Bonchev–Trinajstić information content (AvgIpc) is 2.88. The van der Waals surface area contributed by atoms with Gasteiger partial charge in [0.05, 0.1) is 11.9 Å². The van der Waals surface area contributed by atoms with Crippen molar-refractivity contribution in [1.29, 1.82) is 0 Å². The van der Waals surface area contributed by atoms with Gasteiger partial charge >= 0.3 is 0 Å². The molecule has 0 saturated heterocycles. The highest BCUT2D eigenvalue weighted by Crippen LogP contribution is 2.25. The molecule has 0 aliphatic heterocycles. The van der Waals surface area contributed by atoms with E-state index >= 15 is 0 Å². The number of sulfonamides is 1. The van der Waals surface area contributed by atoms with Gasteiger partial charge in [0.15, 0.2) is 0 Å². The van der Waals surface area contributed by atoms with E-state index in [0.29, 0.717) is 17.1 Å². The fourth-order valence-corrected chi connectivity index (χ4v) is 5.58. The maximum atomic E-state index is 14.2. The van der Waals surface area contributed by atoms with Crippen molar-refractivity contribution in [2.24, 2.45) is 0 Å². The molecule has 0 unspecified atom stereocenters. The van der Waals surface area contributed by atoms with Gasteiger partial charge in [-0.2, -0.15) is 0 Å². The van der Waals surface area contributed by atoms with Crippen LogP contribution in [0.1, 0.15) is 44.4 Å². The molecule has 0 radical (unpaired) electrons. The molecule has 3 aromatic carbocycles. The number of carbonyl (C=O) groups excluding carboxylic acids is 2. The van der Waals surface area contributed by atoms with Crippen LogP contribution in [0.5, 0.6) is 0 Å². The second-order valence-electron chi connectivity index (χ2n) is 10.8. The Bertz CT molecular complexity index is 1420. The van der Waals surface area contributed by atoms with Crippen LogP contribution in [0.25, 0.3) is 0 Å². The van der Waals surface area contributed by atoms with E-state index in [0.717, 1.165) is 27.3 Å². The van der Waals surface area contributed by atoms with Crippen LogP contribution >= 0.6 is 11.6 Å². The van der Waals surface area contributed by atoms with Crippen LogP contribution in [-0.4, -0.2) is 49.5 Å².